The first kappa shape index (κ1) is 25.9. The Kier molecular flexibility index (Phi) is 7.29. The molecule has 1 saturated heterocycles. The normalized spacial score (nSPS) is 16.5. The van der Waals surface area contributed by atoms with Gasteiger partial charge in [-0.1, -0.05) is 6.07 Å². The number of methoxy groups -OCH3 is 2. The molecule has 1 aliphatic heterocycles. The van der Waals surface area contributed by atoms with Gasteiger partial charge in [0, 0.05) is 36.4 Å². The molecular weight excluding hydrogens is 514 g/mol. The number of nitrogens with one attached hydrogen (secondary N) is 2. The van der Waals surface area contributed by atoms with Gasteiger partial charge in [-0.2, -0.15) is 0 Å². The number of carbonyl (C=O) groups excluding carboxylic acids is 2. The van der Waals surface area contributed by atoms with E-state index in [1.54, 1.807) is 31.5 Å². The van der Waals surface area contributed by atoms with E-state index >= 15 is 0 Å². The highest BCUT2D eigenvalue weighted by Crippen LogP contribution is 2.43. The molecule has 4 aromatic rings. The van der Waals surface area contributed by atoms with Crippen molar-refractivity contribution in [2.75, 3.05) is 24.4 Å². The molecule has 5 rings (SSSR count). The summed E-state index contributed by atoms with van der Waals surface area (Å²) in [6, 6.07) is 22.0. The predicted molar refractivity (Wildman–Crippen MR) is 152 cm³/mol. The molecule has 0 bridgehead atoms. The molecule has 0 spiro atoms. The molecule has 2 aromatic carbocycles. The lowest BCUT2D eigenvalue weighted by molar-refractivity contribution is -0.114. The highest BCUT2D eigenvalue weighted by molar-refractivity contribution is 7.80. The van der Waals surface area contributed by atoms with Crippen molar-refractivity contribution in [1.29, 1.82) is 0 Å². The number of aromatic nitrogens is 2. The molecule has 0 radical (unpaired) electrons. The van der Waals surface area contributed by atoms with E-state index in [9.17, 15) is 9.59 Å². The van der Waals surface area contributed by atoms with Gasteiger partial charge in [-0.05, 0) is 78.9 Å². The first-order valence-electron chi connectivity index (χ1n) is 12.2. The Morgan fingerprint density at radius 3 is 2.44 bits per heavy atom. The van der Waals surface area contributed by atoms with Gasteiger partial charge >= 0.3 is 5.97 Å². The summed E-state index contributed by atoms with van der Waals surface area (Å²) in [6.45, 7) is 1.45. The maximum absolute atomic E-state index is 12.0. The van der Waals surface area contributed by atoms with E-state index in [-0.39, 0.29) is 18.0 Å². The zero-order valence-corrected chi connectivity index (χ0v) is 22.4. The number of nitrogens with zero attached hydrogens (tertiary/aromatic N) is 3. The number of pyridine rings is 1. The van der Waals surface area contributed by atoms with Gasteiger partial charge in [0.05, 0.1) is 37.2 Å². The summed E-state index contributed by atoms with van der Waals surface area (Å²) in [6.07, 6.45) is 3.72. The van der Waals surface area contributed by atoms with E-state index < -0.39 is 5.97 Å². The average Bonchev–Trinajstić information content (AvgIpc) is 3.57. The van der Waals surface area contributed by atoms with Crippen LogP contribution in [0.25, 0.3) is 5.69 Å². The van der Waals surface area contributed by atoms with Crippen LogP contribution in [0.1, 0.15) is 40.8 Å². The van der Waals surface area contributed by atoms with Crippen LogP contribution in [-0.4, -0.2) is 40.8 Å². The molecule has 9 nitrogen and oxygen atoms in total. The number of carbonyl (C=O) groups is 2. The second kappa shape index (κ2) is 11.0. The third-order valence-electron chi connectivity index (χ3n) is 6.52. The summed E-state index contributed by atoms with van der Waals surface area (Å²) in [5, 5.41) is 6.82. The standard InChI is InChI=1S/C29H27N5O4S/c1-18(35)31-23-17-21(13-14-25(23)37-2)34-27(26(32-29(34)39)22-7-4-5-15-30-22)24-8-6-16-33(24)20-11-9-19(10-12-20)28(36)38-3/h4-17,26-27H,1-3H3,(H,31,35)(H,32,39)/t26-,27+/m0/s1. The summed E-state index contributed by atoms with van der Waals surface area (Å²) < 4.78 is 12.4. The number of rotatable bonds is 7. The number of ether oxygens (including phenoxy) is 2. The van der Waals surface area contributed by atoms with Crippen LogP contribution in [0.4, 0.5) is 11.4 Å². The highest BCUT2D eigenvalue weighted by atomic mass is 32.1. The number of hydrogen-bond donors (Lipinski definition) is 2. The van der Waals surface area contributed by atoms with Gasteiger partial charge in [-0.3, -0.25) is 9.78 Å². The van der Waals surface area contributed by atoms with E-state index in [0.717, 1.165) is 22.8 Å². The molecule has 1 aliphatic rings. The van der Waals surface area contributed by atoms with Crippen molar-refractivity contribution in [1.82, 2.24) is 14.9 Å². The Labute approximate surface area is 231 Å². The summed E-state index contributed by atoms with van der Waals surface area (Å²) in [4.78, 5) is 30.5. The molecule has 0 unspecified atom stereocenters. The monoisotopic (exact) mass is 541 g/mol. The Morgan fingerprint density at radius 2 is 1.77 bits per heavy atom. The maximum atomic E-state index is 12.0. The minimum Gasteiger partial charge on any atom is -0.495 e. The van der Waals surface area contributed by atoms with Crippen LogP contribution >= 0.6 is 12.2 Å². The number of hydrogen-bond acceptors (Lipinski definition) is 6. The smallest absolute Gasteiger partial charge is 0.337 e. The number of thiocarbonyl (C=S) groups is 1. The van der Waals surface area contributed by atoms with Crippen LogP contribution in [0.5, 0.6) is 5.75 Å². The average molecular weight is 542 g/mol. The van der Waals surface area contributed by atoms with Crippen LogP contribution in [-0.2, 0) is 9.53 Å². The van der Waals surface area contributed by atoms with E-state index in [1.807, 2.05) is 65.7 Å². The summed E-state index contributed by atoms with van der Waals surface area (Å²) in [7, 11) is 2.92. The molecule has 1 fully saturated rings. The predicted octanol–water partition coefficient (Wildman–Crippen LogP) is 4.80. The molecule has 2 aromatic heterocycles. The molecule has 0 saturated carbocycles. The lowest BCUT2D eigenvalue weighted by Crippen LogP contribution is -2.30. The number of esters is 1. The summed E-state index contributed by atoms with van der Waals surface area (Å²) in [5.74, 6) is -0.0609. The van der Waals surface area contributed by atoms with Crippen LogP contribution in [0.15, 0.2) is 85.2 Å². The van der Waals surface area contributed by atoms with Crippen molar-refractivity contribution in [3.8, 4) is 11.4 Å². The fourth-order valence-electron chi connectivity index (χ4n) is 4.81. The van der Waals surface area contributed by atoms with Gasteiger partial charge < -0.3 is 29.6 Å². The van der Waals surface area contributed by atoms with Crippen LogP contribution in [0.2, 0.25) is 0 Å². The van der Waals surface area contributed by atoms with Crippen LogP contribution in [0.3, 0.4) is 0 Å². The molecule has 3 heterocycles. The van der Waals surface area contributed by atoms with E-state index in [0.29, 0.717) is 22.1 Å². The fourth-order valence-corrected chi connectivity index (χ4v) is 5.16. The fraction of sp³-hybridized carbons (Fsp3) is 0.172. The molecule has 198 valence electrons. The van der Waals surface area contributed by atoms with Crippen LogP contribution in [0, 0.1) is 0 Å². The Morgan fingerprint density at radius 1 is 1.00 bits per heavy atom. The third kappa shape index (κ3) is 5.06. The Balaban J connectivity index is 1.63. The van der Waals surface area contributed by atoms with Gasteiger partial charge in [0.15, 0.2) is 5.11 Å². The van der Waals surface area contributed by atoms with Gasteiger partial charge in [0.25, 0.3) is 0 Å². The Bertz CT molecular complexity index is 1520. The summed E-state index contributed by atoms with van der Waals surface area (Å²) in [5.41, 5.74) is 4.43. The van der Waals surface area contributed by atoms with Crippen molar-refractivity contribution < 1.29 is 19.1 Å². The number of anilines is 2. The first-order chi connectivity index (χ1) is 18.9. The SMILES string of the molecule is COC(=O)c1ccc(-n2cccc2[C@@H]2[C@H](c3ccccn3)NC(=S)N2c2ccc(OC)c(NC(C)=O)c2)cc1. The van der Waals surface area contributed by atoms with Crippen molar-refractivity contribution in [3.63, 3.8) is 0 Å². The largest absolute Gasteiger partial charge is 0.495 e. The van der Waals surface area contributed by atoms with E-state index in [2.05, 4.69) is 20.2 Å². The second-order valence-electron chi connectivity index (χ2n) is 8.90. The van der Waals surface area contributed by atoms with Crippen molar-refractivity contribution in [3.05, 3.63) is 102 Å². The minimum absolute atomic E-state index is 0.209. The number of benzene rings is 2. The zero-order chi connectivity index (χ0) is 27.5. The van der Waals surface area contributed by atoms with Gasteiger partial charge in [0.1, 0.15) is 11.8 Å². The Hall–Kier alpha value is -4.70. The quantitative estimate of drug-likeness (QED) is 0.254. The second-order valence-corrected chi connectivity index (χ2v) is 9.29. The molecular formula is C29H27N5O4S. The third-order valence-corrected chi connectivity index (χ3v) is 6.83. The lowest BCUT2D eigenvalue weighted by Gasteiger charge is -2.29. The van der Waals surface area contributed by atoms with Crippen molar-refractivity contribution >= 4 is 40.6 Å². The van der Waals surface area contributed by atoms with Crippen LogP contribution < -0.4 is 20.3 Å². The summed E-state index contributed by atoms with van der Waals surface area (Å²) >= 11 is 5.87. The van der Waals surface area contributed by atoms with Crippen molar-refractivity contribution in [2.45, 2.75) is 19.0 Å². The van der Waals surface area contributed by atoms with Gasteiger partial charge in [-0.25, -0.2) is 4.79 Å². The molecule has 39 heavy (non-hydrogen) atoms. The number of amides is 1. The molecule has 0 aliphatic carbocycles. The zero-order valence-electron chi connectivity index (χ0n) is 21.6. The first-order valence-corrected chi connectivity index (χ1v) is 12.6. The van der Waals surface area contributed by atoms with Gasteiger partial charge in [0.2, 0.25) is 5.91 Å². The lowest BCUT2D eigenvalue weighted by atomic mass is 10.0. The highest BCUT2D eigenvalue weighted by Gasteiger charge is 2.42. The van der Waals surface area contributed by atoms with E-state index in [1.165, 1.54) is 14.0 Å². The molecule has 2 N–H and O–H groups in total. The van der Waals surface area contributed by atoms with Gasteiger partial charge in [-0.15, -0.1) is 0 Å². The van der Waals surface area contributed by atoms with Crippen molar-refractivity contribution in [2.24, 2.45) is 0 Å². The van der Waals surface area contributed by atoms with E-state index in [4.69, 9.17) is 21.7 Å². The topological polar surface area (TPSA) is 97.7 Å². The minimum atomic E-state index is -0.393. The molecule has 2 atom stereocenters. The molecule has 1 amide bonds. The maximum Gasteiger partial charge on any atom is 0.337 e. The molecule has 10 heteroatoms.